The lowest BCUT2D eigenvalue weighted by molar-refractivity contribution is 0.0600. The van der Waals surface area contributed by atoms with Crippen molar-refractivity contribution >= 4 is 29.2 Å². The van der Waals surface area contributed by atoms with Gasteiger partial charge < -0.3 is 10.1 Å². The number of ether oxygens (including phenoxy) is 1. The number of hydrogen-bond donors (Lipinski definition) is 1. The molecule has 3 aromatic rings. The van der Waals surface area contributed by atoms with Crippen LogP contribution in [0.3, 0.4) is 0 Å². The van der Waals surface area contributed by atoms with Gasteiger partial charge in [0.1, 0.15) is 0 Å². The molecular weight excluding hydrogens is 390 g/mol. The molecule has 7 heteroatoms. The molecule has 29 heavy (non-hydrogen) atoms. The second kappa shape index (κ2) is 8.49. The number of amides is 1. The van der Waals surface area contributed by atoms with Crippen molar-refractivity contribution in [2.24, 2.45) is 0 Å². The van der Waals surface area contributed by atoms with Gasteiger partial charge in [0.15, 0.2) is 0 Å². The summed E-state index contributed by atoms with van der Waals surface area (Å²) in [6.07, 6.45) is 1.56. The number of anilines is 1. The Morgan fingerprint density at radius 2 is 1.79 bits per heavy atom. The van der Waals surface area contributed by atoms with Gasteiger partial charge >= 0.3 is 5.97 Å². The van der Waals surface area contributed by atoms with Gasteiger partial charge in [-0.3, -0.25) is 4.79 Å². The molecular formula is C22H22ClN3O3. The van der Waals surface area contributed by atoms with E-state index in [9.17, 15) is 9.59 Å². The molecule has 0 atom stereocenters. The zero-order chi connectivity index (χ0) is 21.1. The van der Waals surface area contributed by atoms with Crippen molar-refractivity contribution in [2.45, 2.75) is 26.7 Å². The molecule has 150 valence electrons. The van der Waals surface area contributed by atoms with E-state index in [4.69, 9.17) is 16.3 Å². The molecule has 0 radical (unpaired) electrons. The summed E-state index contributed by atoms with van der Waals surface area (Å²) in [4.78, 5) is 24.8. The fourth-order valence-corrected chi connectivity index (χ4v) is 3.24. The van der Waals surface area contributed by atoms with Crippen LogP contribution in [0.25, 0.3) is 5.69 Å². The van der Waals surface area contributed by atoms with E-state index in [0.717, 1.165) is 16.9 Å². The lowest BCUT2D eigenvalue weighted by Crippen LogP contribution is -2.16. The molecule has 0 saturated carbocycles. The molecule has 1 amide bonds. The average molecular weight is 412 g/mol. The molecule has 2 aromatic carbocycles. The Morgan fingerprint density at radius 1 is 1.10 bits per heavy atom. The molecule has 1 N–H and O–H groups in total. The van der Waals surface area contributed by atoms with Crippen LogP contribution in [-0.2, 0) is 4.74 Å². The van der Waals surface area contributed by atoms with Gasteiger partial charge in [-0.2, -0.15) is 5.10 Å². The normalized spacial score (nSPS) is 10.8. The number of carbonyl (C=O) groups excluding carboxylic acids is 2. The maximum Gasteiger partial charge on any atom is 0.339 e. The summed E-state index contributed by atoms with van der Waals surface area (Å²) in [5.74, 6) is -0.818. The van der Waals surface area contributed by atoms with E-state index in [-0.39, 0.29) is 22.4 Å². The van der Waals surface area contributed by atoms with Crippen LogP contribution < -0.4 is 5.32 Å². The zero-order valence-electron chi connectivity index (χ0n) is 16.7. The zero-order valence-corrected chi connectivity index (χ0v) is 17.4. The van der Waals surface area contributed by atoms with Crippen LogP contribution in [-0.4, -0.2) is 28.8 Å². The summed E-state index contributed by atoms with van der Waals surface area (Å²) in [6.45, 7) is 6.04. The van der Waals surface area contributed by atoms with Crippen molar-refractivity contribution in [3.05, 3.63) is 76.1 Å². The first kappa shape index (κ1) is 20.6. The monoisotopic (exact) mass is 411 g/mol. The van der Waals surface area contributed by atoms with Gasteiger partial charge in [0.2, 0.25) is 0 Å². The summed E-state index contributed by atoms with van der Waals surface area (Å²) in [7, 11) is 1.28. The smallest absolute Gasteiger partial charge is 0.339 e. The van der Waals surface area contributed by atoms with Gasteiger partial charge in [0.05, 0.1) is 40.8 Å². The van der Waals surface area contributed by atoms with Crippen molar-refractivity contribution in [3.8, 4) is 5.69 Å². The largest absolute Gasteiger partial charge is 0.465 e. The van der Waals surface area contributed by atoms with Crippen LogP contribution in [0, 0.1) is 6.92 Å². The third-order valence-corrected chi connectivity index (χ3v) is 4.84. The lowest BCUT2D eigenvalue weighted by Gasteiger charge is -2.13. The maximum absolute atomic E-state index is 13.0. The molecule has 0 unspecified atom stereocenters. The van der Waals surface area contributed by atoms with Crippen molar-refractivity contribution in [1.82, 2.24) is 9.78 Å². The van der Waals surface area contributed by atoms with Crippen LogP contribution in [0.15, 0.2) is 48.7 Å². The number of hydrogen-bond acceptors (Lipinski definition) is 4. The minimum absolute atomic E-state index is 0.0652. The Morgan fingerprint density at radius 3 is 2.41 bits per heavy atom. The van der Waals surface area contributed by atoms with Crippen molar-refractivity contribution in [3.63, 3.8) is 0 Å². The first-order valence-corrected chi connectivity index (χ1v) is 9.53. The predicted octanol–water partition coefficient (Wildman–Crippen LogP) is 5.00. The third kappa shape index (κ3) is 4.32. The van der Waals surface area contributed by atoms with E-state index < -0.39 is 5.97 Å². The molecule has 0 aliphatic rings. The van der Waals surface area contributed by atoms with Gasteiger partial charge in [0, 0.05) is 5.69 Å². The summed E-state index contributed by atoms with van der Waals surface area (Å²) in [6, 6.07) is 12.6. The second-order valence-electron chi connectivity index (χ2n) is 6.99. The standard InChI is InChI=1S/C22H22ClN3O3/c1-13(2)20-18(12-24-26(20)16-8-5-14(3)6-9-16)21(27)25-15-7-10-19(23)17(11-15)22(28)29-4/h5-13H,1-4H3,(H,25,27). The van der Waals surface area contributed by atoms with E-state index in [2.05, 4.69) is 10.4 Å². The van der Waals surface area contributed by atoms with Gasteiger partial charge in [0.25, 0.3) is 5.91 Å². The molecule has 0 saturated heterocycles. The Kier molecular flexibility index (Phi) is 6.03. The predicted molar refractivity (Wildman–Crippen MR) is 113 cm³/mol. The fourth-order valence-electron chi connectivity index (χ4n) is 3.05. The quantitative estimate of drug-likeness (QED) is 0.600. The van der Waals surface area contributed by atoms with E-state index in [0.29, 0.717) is 11.3 Å². The fraction of sp³-hybridized carbons (Fsp3) is 0.227. The van der Waals surface area contributed by atoms with E-state index >= 15 is 0 Å². The highest BCUT2D eigenvalue weighted by atomic mass is 35.5. The SMILES string of the molecule is COC(=O)c1cc(NC(=O)c2cnn(-c3ccc(C)cc3)c2C(C)C)ccc1Cl. The lowest BCUT2D eigenvalue weighted by atomic mass is 10.0. The molecule has 0 bridgehead atoms. The highest BCUT2D eigenvalue weighted by Crippen LogP contribution is 2.26. The van der Waals surface area contributed by atoms with Gasteiger partial charge in [-0.15, -0.1) is 0 Å². The Labute approximate surface area is 174 Å². The van der Waals surface area contributed by atoms with Crippen molar-refractivity contribution < 1.29 is 14.3 Å². The number of aryl methyl sites for hydroxylation is 1. The highest BCUT2D eigenvalue weighted by molar-refractivity contribution is 6.33. The first-order chi connectivity index (χ1) is 13.8. The van der Waals surface area contributed by atoms with Crippen LogP contribution >= 0.6 is 11.6 Å². The molecule has 6 nitrogen and oxygen atoms in total. The molecule has 0 aliphatic heterocycles. The minimum Gasteiger partial charge on any atom is -0.465 e. The molecule has 3 rings (SSSR count). The summed E-state index contributed by atoms with van der Waals surface area (Å²) in [5, 5.41) is 7.50. The first-order valence-electron chi connectivity index (χ1n) is 9.16. The average Bonchev–Trinajstić information content (AvgIpc) is 3.15. The van der Waals surface area contributed by atoms with E-state index in [1.54, 1.807) is 23.0 Å². The van der Waals surface area contributed by atoms with Crippen LogP contribution in [0.1, 0.15) is 51.7 Å². The summed E-state index contributed by atoms with van der Waals surface area (Å²) >= 11 is 6.05. The third-order valence-electron chi connectivity index (χ3n) is 4.51. The number of rotatable bonds is 5. The van der Waals surface area contributed by atoms with Gasteiger partial charge in [-0.25, -0.2) is 9.48 Å². The van der Waals surface area contributed by atoms with Crippen LogP contribution in [0.5, 0.6) is 0 Å². The minimum atomic E-state index is -0.568. The Bertz CT molecular complexity index is 1060. The van der Waals surface area contributed by atoms with Gasteiger partial charge in [-0.1, -0.05) is 43.1 Å². The Hall–Kier alpha value is -3.12. The molecule has 1 heterocycles. The van der Waals surface area contributed by atoms with Crippen molar-refractivity contribution in [1.29, 1.82) is 0 Å². The molecule has 1 aromatic heterocycles. The van der Waals surface area contributed by atoms with Crippen LogP contribution in [0.2, 0.25) is 5.02 Å². The molecule has 0 fully saturated rings. The number of benzene rings is 2. The van der Waals surface area contributed by atoms with E-state index in [1.807, 2.05) is 45.0 Å². The second-order valence-corrected chi connectivity index (χ2v) is 7.39. The molecule has 0 spiro atoms. The number of nitrogens with zero attached hydrogens (tertiary/aromatic N) is 2. The number of nitrogens with one attached hydrogen (secondary N) is 1. The highest BCUT2D eigenvalue weighted by Gasteiger charge is 2.21. The number of methoxy groups -OCH3 is 1. The van der Waals surface area contributed by atoms with Gasteiger partial charge in [-0.05, 0) is 43.2 Å². The molecule has 0 aliphatic carbocycles. The number of esters is 1. The number of carbonyl (C=O) groups is 2. The maximum atomic E-state index is 13.0. The topological polar surface area (TPSA) is 73.2 Å². The summed E-state index contributed by atoms with van der Waals surface area (Å²) < 4.78 is 6.50. The van der Waals surface area contributed by atoms with E-state index in [1.165, 1.54) is 13.2 Å². The number of aromatic nitrogens is 2. The number of halogens is 1. The van der Waals surface area contributed by atoms with Crippen molar-refractivity contribution in [2.75, 3.05) is 12.4 Å². The summed E-state index contributed by atoms with van der Waals surface area (Å²) in [5.41, 5.74) is 3.93. The van der Waals surface area contributed by atoms with Crippen LogP contribution in [0.4, 0.5) is 5.69 Å². The Balaban J connectivity index is 1.94.